The second-order valence-corrected chi connectivity index (χ2v) is 4.29. The van der Waals surface area contributed by atoms with Gasteiger partial charge in [-0.15, -0.1) is 0 Å². The Morgan fingerprint density at radius 2 is 2.00 bits per heavy atom. The van der Waals surface area contributed by atoms with Crippen LogP contribution in [0.2, 0.25) is 0 Å². The summed E-state index contributed by atoms with van der Waals surface area (Å²) < 4.78 is 59.3. The van der Waals surface area contributed by atoms with Crippen molar-refractivity contribution in [1.82, 2.24) is 4.98 Å². The summed E-state index contributed by atoms with van der Waals surface area (Å²) in [5.41, 5.74) is -3.07. The number of nitro groups is 1. The predicted octanol–water partition coefficient (Wildman–Crippen LogP) is 0.714. The minimum Gasteiger partial charge on any atom is -0.258 e. The van der Waals surface area contributed by atoms with E-state index in [1.807, 2.05) is 0 Å². The van der Waals surface area contributed by atoms with E-state index >= 15 is 0 Å². The Morgan fingerprint density at radius 3 is 2.35 bits per heavy atom. The Bertz CT molecular complexity index is 574. The summed E-state index contributed by atoms with van der Waals surface area (Å²) in [6.45, 7) is 0. The van der Waals surface area contributed by atoms with Crippen molar-refractivity contribution >= 4 is 15.7 Å². The van der Waals surface area contributed by atoms with Crippen LogP contribution in [0.3, 0.4) is 0 Å². The SMILES string of the molecule is NS(=O)(=O)c1cc([N+](=O)[O-])c(F)c(C(F)F)n1. The maximum atomic E-state index is 13.1. The molecule has 0 saturated heterocycles. The molecule has 2 N–H and O–H groups in total. The first-order valence-corrected chi connectivity index (χ1v) is 5.35. The molecule has 0 saturated carbocycles. The molecule has 1 aromatic rings. The molecule has 0 aliphatic carbocycles. The smallest absolute Gasteiger partial charge is 0.258 e. The minimum absolute atomic E-state index is 0.177. The third kappa shape index (κ3) is 2.68. The van der Waals surface area contributed by atoms with Crippen LogP contribution in [0.15, 0.2) is 11.1 Å². The van der Waals surface area contributed by atoms with Gasteiger partial charge in [-0.25, -0.2) is 27.3 Å². The van der Waals surface area contributed by atoms with Gasteiger partial charge in [-0.3, -0.25) is 10.1 Å². The van der Waals surface area contributed by atoms with E-state index in [2.05, 4.69) is 10.1 Å². The average Bonchev–Trinajstić information content (AvgIpc) is 2.14. The van der Waals surface area contributed by atoms with E-state index in [1.165, 1.54) is 0 Å². The van der Waals surface area contributed by atoms with Crippen molar-refractivity contribution in [3.8, 4) is 0 Å². The number of hydrogen-bond acceptors (Lipinski definition) is 5. The number of nitrogens with zero attached hydrogens (tertiary/aromatic N) is 2. The molecule has 0 radical (unpaired) electrons. The van der Waals surface area contributed by atoms with E-state index in [0.717, 1.165) is 0 Å². The Morgan fingerprint density at radius 1 is 1.47 bits per heavy atom. The Balaban J connectivity index is 3.65. The van der Waals surface area contributed by atoms with Crippen LogP contribution in [-0.4, -0.2) is 18.3 Å². The van der Waals surface area contributed by atoms with Crippen molar-refractivity contribution in [2.24, 2.45) is 5.14 Å². The number of halogens is 3. The maximum absolute atomic E-state index is 13.1. The van der Waals surface area contributed by atoms with Crippen molar-refractivity contribution in [2.75, 3.05) is 0 Å². The highest BCUT2D eigenvalue weighted by Crippen LogP contribution is 2.28. The molecule has 1 rings (SSSR count). The fourth-order valence-electron chi connectivity index (χ4n) is 0.935. The van der Waals surface area contributed by atoms with Gasteiger partial charge in [0.25, 0.3) is 16.4 Å². The number of pyridine rings is 1. The van der Waals surface area contributed by atoms with Crippen molar-refractivity contribution in [1.29, 1.82) is 0 Å². The van der Waals surface area contributed by atoms with Gasteiger partial charge in [0.2, 0.25) is 5.82 Å². The van der Waals surface area contributed by atoms with Gasteiger partial charge in [0, 0.05) is 0 Å². The van der Waals surface area contributed by atoms with E-state index in [0.29, 0.717) is 0 Å². The lowest BCUT2D eigenvalue weighted by Crippen LogP contribution is -2.16. The van der Waals surface area contributed by atoms with E-state index in [1.54, 1.807) is 0 Å². The molecule has 0 bridgehead atoms. The van der Waals surface area contributed by atoms with Crippen molar-refractivity contribution in [2.45, 2.75) is 11.5 Å². The first-order valence-electron chi connectivity index (χ1n) is 3.80. The molecular weight excluding hydrogens is 267 g/mol. The van der Waals surface area contributed by atoms with E-state index in [9.17, 15) is 31.7 Å². The van der Waals surface area contributed by atoms with Crippen LogP contribution >= 0.6 is 0 Å². The summed E-state index contributed by atoms with van der Waals surface area (Å²) in [6.07, 6.45) is -3.50. The van der Waals surface area contributed by atoms with Gasteiger partial charge in [-0.2, -0.15) is 4.39 Å². The minimum atomic E-state index is -4.55. The normalized spacial score (nSPS) is 11.8. The first kappa shape index (κ1) is 13.3. The van der Waals surface area contributed by atoms with Crippen molar-refractivity contribution < 1.29 is 26.5 Å². The lowest BCUT2D eigenvalue weighted by Gasteiger charge is -2.04. The summed E-state index contributed by atoms with van der Waals surface area (Å²) >= 11 is 0. The fraction of sp³-hybridized carbons (Fsp3) is 0.167. The highest BCUT2D eigenvalue weighted by Gasteiger charge is 2.29. The van der Waals surface area contributed by atoms with Crippen LogP contribution in [0, 0.1) is 15.9 Å². The van der Waals surface area contributed by atoms with E-state index < -0.39 is 43.6 Å². The number of nitrogens with two attached hydrogens (primary N) is 1. The molecule has 0 aliphatic heterocycles. The van der Waals surface area contributed by atoms with Gasteiger partial charge in [0.15, 0.2) is 10.7 Å². The third-order valence-electron chi connectivity index (χ3n) is 1.64. The van der Waals surface area contributed by atoms with Gasteiger partial charge in [0.1, 0.15) is 0 Å². The first-order chi connectivity index (χ1) is 7.64. The van der Waals surface area contributed by atoms with Crippen LogP contribution in [0.1, 0.15) is 12.1 Å². The molecule has 94 valence electrons. The van der Waals surface area contributed by atoms with Crippen molar-refractivity contribution in [3.05, 3.63) is 27.7 Å². The molecule has 0 aromatic carbocycles. The Hall–Kier alpha value is -1.75. The molecule has 1 heterocycles. The molecule has 0 fully saturated rings. The Labute approximate surface area is 92.3 Å². The second kappa shape index (κ2) is 4.25. The zero-order chi connectivity index (χ0) is 13.4. The van der Waals surface area contributed by atoms with E-state index in [-0.39, 0.29) is 6.07 Å². The standard InChI is InChI=1S/C6H4F3N3O4S/c7-4-2(12(13)14)1-3(17(10,15)16)11-5(4)6(8)9/h1,6H,(H2,10,15,16). The molecule has 0 unspecified atom stereocenters. The molecule has 0 amide bonds. The van der Waals surface area contributed by atoms with E-state index in [4.69, 9.17) is 0 Å². The van der Waals surface area contributed by atoms with Crippen LogP contribution in [0.5, 0.6) is 0 Å². The molecule has 0 aliphatic rings. The highest BCUT2D eigenvalue weighted by atomic mass is 32.2. The number of sulfonamides is 1. The molecule has 0 atom stereocenters. The van der Waals surface area contributed by atoms with Crippen LogP contribution in [-0.2, 0) is 10.0 Å². The highest BCUT2D eigenvalue weighted by molar-refractivity contribution is 7.89. The Kier molecular flexibility index (Phi) is 3.33. The van der Waals surface area contributed by atoms with Gasteiger partial charge in [-0.1, -0.05) is 0 Å². The summed E-state index contributed by atoms with van der Waals surface area (Å²) in [4.78, 5) is 11.7. The zero-order valence-corrected chi connectivity index (χ0v) is 8.62. The average molecular weight is 271 g/mol. The zero-order valence-electron chi connectivity index (χ0n) is 7.80. The number of hydrogen-bond donors (Lipinski definition) is 1. The van der Waals surface area contributed by atoms with Crippen LogP contribution < -0.4 is 5.14 Å². The molecular formula is C6H4F3N3O4S. The molecule has 0 spiro atoms. The number of aromatic nitrogens is 1. The third-order valence-corrected chi connectivity index (χ3v) is 2.43. The van der Waals surface area contributed by atoms with Gasteiger partial charge in [0.05, 0.1) is 11.0 Å². The lowest BCUT2D eigenvalue weighted by atomic mass is 10.3. The number of rotatable bonds is 3. The quantitative estimate of drug-likeness (QED) is 0.642. The maximum Gasteiger partial charge on any atom is 0.309 e. The van der Waals surface area contributed by atoms with Crippen molar-refractivity contribution in [3.63, 3.8) is 0 Å². The fourth-order valence-corrected chi connectivity index (χ4v) is 1.44. The second-order valence-electron chi connectivity index (χ2n) is 2.78. The molecule has 17 heavy (non-hydrogen) atoms. The number of alkyl halides is 2. The van der Waals surface area contributed by atoms with Gasteiger partial charge < -0.3 is 0 Å². The van der Waals surface area contributed by atoms with Crippen LogP contribution in [0.25, 0.3) is 0 Å². The summed E-state index contributed by atoms with van der Waals surface area (Å²) in [5, 5.41) is 13.7. The largest absolute Gasteiger partial charge is 0.309 e. The predicted molar refractivity (Wildman–Crippen MR) is 47.2 cm³/mol. The van der Waals surface area contributed by atoms with Crippen LogP contribution in [0.4, 0.5) is 18.9 Å². The van der Waals surface area contributed by atoms with Gasteiger partial charge in [-0.05, 0) is 0 Å². The number of primary sulfonamides is 1. The molecule has 1 aromatic heterocycles. The summed E-state index contributed by atoms with van der Waals surface area (Å²) in [6, 6.07) is 0.177. The van der Waals surface area contributed by atoms with Gasteiger partial charge >= 0.3 is 5.69 Å². The summed E-state index contributed by atoms with van der Waals surface area (Å²) in [7, 11) is -4.55. The molecule has 7 nitrogen and oxygen atoms in total. The lowest BCUT2D eigenvalue weighted by molar-refractivity contribution is -0.388. The summed E-state index contributed by atoms with van der Waals surface area (Å²) in [5.74, 6) is -1.89. The topological polar surface area (TPSA) is 116 Å². The molecule has 11 heteroatoms. The monoisotopic (exact) mass is 271 g/mol.